The van der Waals surface area contributed by atoms with Gasteiger partial charge in [-0.2, -0.15) is 0 Å². The van der Waals surface area contributed by atoms with E-state index in [1.807, 2.05) is 0 Å². The smallest absolute Gasteiger partial charge is 0.279 e. The first-order chi connectivity index (χ1) is 14.0. The third kappa shape index (κ3) is 2.94. The fourth-order valence-electron chi connectivity index (χ4n) is 3.96. The van der Waals surface area contributed by atoms with Gasteiger partial charge in [0.25, 0.3) is 5.56 Å². The Morgan fingerprint density at radius 3 is 2.55 bits per heavy atom. The molecule has 0 N–H and O–H groups in total. The van der Waals surface area contributed by atoms with Crippen molar-refractivity contribution in [2.45, 2.75) is 25.8 Å². The maximum atomic E-state index is 14.3. The van der Waals surface area contributed by atoms with Gasteiger partial charge in [0.1, 0.15) is 10.6 Å². The van der Waals surface area contributed by atoms with Crippen molar-refractivity contribution < 1.29 is 4.39 Å². The standard InChI is InChI=1S/C22H16ClFN2O2S/c23-14-8-10-15(11-9-14)26-20(27)19-16-5-3-7-18(16)29-21(19)25(22(26)28)12-13-4-1-2-6-17(13)24/h1-2,4,6,8-11H,3,5,7,12H2. The van der Waals surface area contributed by atoms with Crippen molar-refractivity contribution in [1.29, 1.82) is 0 Å². The van der Waals surface area contributed by atoms with E-state index >= 15 is 0 Å². The number of hydrogen-bond donors (Lipinski definition) is 0. The van der Waals surface area contributed by atoms with Gasteiger partial charge in [-0.1, -0.05) is 29.8 Å². The maximum absolute atomic E-state index is 14.3. The Morgan fingerprint density at radius 1 is 1.03 bits per heavy atom. The van der Waals surface area contributed by atoms with Crippen LogP contribution in [0.5, 0.6) is 0 Å². The fourth-order valence-corrected chi connectivity index (χ4v) is 5.46. The topological polar surface area (TPSA) is 44.0 Å². The van der Waals surface area contributed by atoms with E-state index in [0.29, 0.717) is 26.5 Å². The number of aryl methyl sites for hydroxylation is 2. The van der Waals surface area contributed by atoms with Crippen LogP contribution in [0.2, 0.25) is 5.02 Å². The first-order valence-electron chi connectivity index (χ1n) is 9.34. The van der Waals surface area contributed by atoms with Crippen LogP contribution in [0.4, 0.5) is 4.39 Å². The van der Waals surface area contributed by atoms with Crippen molar-refractivity contribution in [2.24, 2.45) is 0 Å². The highest BCUT2D eigenvalue weighted by molar-refractivity contribution is 7.18. The van der Waals surface area contributed by atoms with Crippen LogP contribution >= 0.6 is 22.9 Å². The number of rotatable bonds is 3. The minimum atomic E-state index is -0.479. The van der Waals surface area contributed by atoms with Gasteiger partial charge in [0.05, 0.1) is 17.6 Å². The molecule has 5 rings (SSSR count). The van der Waals surface area contributed by atoms with Gasteiger partial charge in [0.15, 0.2) is 0 Å². The van der Waals surface area contributed by atoms with E-state index in [2.05, 4.69) is 0 Å². The predicted molar refractivity (Wildman–Crippen MR) is 114 cm³/mol. The summed E-state index contributed by atoms with van der Waals surface area (Å²) in [5.74, 6) is -0.374. The van der Waals surface area contributed by atoms with Crippen LogP contribution < -0.4 is 11.2 Å². The lowest BCUT2D eigenvalue weighted by atomic mass is 10.2. The zero-order valence-electron chi connectivity index (χ0n) is 15.3. The van der Waals surface area contributed by atoms with Crippen LogP contribution in [0.1, 0.15) is 22.4 Å². The molecule has 0 radical (unpaired) electrons. The molecule has 0 spiro atoms. The molecule has 7 heteroatoms. The molecule has 29 heavy (non-hydrogen) atoms. The number of aromatic nitrogens is 2. The quantitative estimate of drug-likeness (QED) is 0.482. The summed E-state index contributed by atoms with van der Waals surface area (Å²) >= 11 is 7.46. The van der Waals surface area contributed by atoms with E-state index in [-0.39, 0.29) is 17.9 Å². The predicted octanol–water partition coefficient (Wildman–Crippen LogP) is 4.54. The summed E-state index contributed by atoms with van der Waals surface area (Å²) in [6, 6.07) is 13.0. The lowest BCUT2D eigenvalue weighted by Gasteiger charge is -2.13. The second-order valence-electron chi connectivity index (χ2n) is 7.11. The average Bonchev–Trinajstić information content (AvgIpc) is 3.29. The molecule has 0 saturated carbocycles. The van der Waals surface area contributed by atoms with E-state index in [9.17, 15) is 14.0 Å². The van der Waals surface area contributed by atoms with Crippen molar-refractivity contribution in [1.82, 2.24) is 9.13 Å². The van der Waals surface area contributed by atoms with Crippen LogP contribution in [-0.2, 0) is 19.4 Å². The summed E-state index contributed by atoms with van der Waals surface area (Å²) in [4.78, 5) is 28.6. The third-order valence-corrected chi connectivity index (χ3v) is 6.92. The summed E-state index contributed by atoms with van der Waals surface area (Å²) in [5.41, 5.74) is 1.08. The zero-order valence-corrected chi connectivity index (χ0v) is 16.9. The summed E-state index contributed by atoms with van der Waals surface area (Å²) in [6.45, 7) is 0.0648. The molecule has 0 fully saturated rings. The Labute approximate surface area is 174 Å². The average molecular weight is 427 g/mol. The first-order valence-corrected chi connectivity index (χ1v) is 10.5. The van der Waals surface area contributed by atoms with Crippen molar-refractivity contribution >= 4 is 33.2 Å². The minimum Gasteiger partial charge on any atom is -0.279 e. The number of hydrogen-bond acceptors (Lipinski definition) is 3. The molecule has 0 saturated heterocycles. The van der Waals surface area contributed by atoms with Crippen LogP contribution in [0.3, 0.4) is 0 Å². The summed E-state index contributed by atoms with van der Waals surface area (Å²) in [5, 5.41) is 1.10. The van der Waals surface area contributed by atoms with Gasteiger partial charge in [-0.05, 0) is 55.2 Å². The van der Waals surface area contributed by atoms with E-state index in [0.717, 1.165) is 29.7 Å². The second-order valence-corrected chi connectivity index (χ2v) is 8.63. The maximum Gasteiger partial charge on any atom is 0.337 e. The highest BCUT2D eigenvalue weighted by Crippen LogP contribution is 2.35. The Bertz CT molecular complexity index is 1370. The monoisotopic (exact) mass is 426 g/mol. The lowest BCUT2D eigenvalue weighted by Crippen LogP contribution is -2.39. The fraction of sp³-hybridized carbons (Fsp3) is 0.182. The van der Waals surface area contributed by atoms with Crippen LogP contribution in [0.15, 0.2) is 58.1 Å². The molecule has 4 nitrogen and oxygen atoms in total. The third-order valence-electron chi connectivity index (χ3n) is 5.36. The molecule has 146 valence electrons. The Kier molecular flexibility index (Phi) is 4.41. The largest absolute Gasteiger partial charge is 0.337 e. The van der Waals surface area contributed by atoms with Gasteiger partial charge in [-0.25, -0.2) is 13.8 Å². The van der Waals surface area contributed by atoms with Gasteiger partial charge in [-0.15, -0.1) is 11.3 Å². The van der Waals surface area contributed by atoms with Crippen molar-refractivity contribution in [3.63, 3.8) is 0 Å². The molecule has 0 amide bonds. The number of thiophene rings is 1. The first kappa shape index (κ1) is 18.3. The van der Waals surface area contributed by atoms with E-state index in [1.54, 1.807) is 42.5 Å². The second kappa shape index (κ2) is 6.97. The van der Waals surface area contributed by atoms with Crippen molar-refractivity contribution in [3.05, 3.63) is 96.2 Å². The Hall–Kier alpha value is -2.70. The summed E-state index contributed by atoms with van der Waals surface area (Å²) < 4.78 is 17.0. The normalized spacial score (nSPS) is 13.2. The van der Waals surface area contributed by atoms with Gasteiger partial charge >= 0.3 is 5.69 Å². The molecule has 2 heterocycles. The van der Waals surface area contributed by atoms with Crippen molar-refractivity contribution in [2.75, 3.05) is 0 Å². The van der Waals surface area contributed by atoms with Crippen LogP contribution in [0, 0.1) is 5.82 Å². The summed E-state index contributed by atoms with van der Waals surface area (Å²) in [7, 11) is 0. The van der Waals surface area contributed by atoms with Crippen LogP contribution in [0.25, 0.3) is 15.9 Å². The molecule has 2 aromatic heterocycles. The molecular formula is C22H16ClFN2O2S. The molecular weight excluding hydrogens is 411 g/mol. The Morgan fingerprint density at radius 2 is 1.79 bits per heavy atom. The van der Waals surface area contributed by atoms with Crippen molar-refractivity contribution in [3.8, 4) is 5.69 Å². The van der Waals surface area contributed by atoms with Gasteiger partial charge in [-0.3, -0.25) is 9.36 Å². The zero-order chi connectivity index (χ0) is 20.1. The molecule has 0 aliphatic heterocycles. The number of fused-ring (bicyclic) bond motifs is 3. The van der Waals surface area contributed by atoms with Crippen LogP contribution in [-0.4, -0.2) is 9.13 Å². The number of nitrogens with zero attached hydrogens (tertiary/aromatic N) is 2. The van der Waals surface area contributed by atoms with Gasteiger partial charge in [0.2, 0.25) is 0 Å². The van der Waals surface area contributed by atoms with E-state index in [4.69, 9.17) is 11.6 Å². The SMILES string of the molecule is O=c1c2c3c(sc2n(Cc2ccccc2F)c(=O)n1-c1ccc(Cl)cc1)CCC3. The highest BCUT2D eigenvalue weighted by atomic mass is 35.5. The molecule has 4 aromatic rings. The number of halogens is 2. The Balaban J connectivity index is 1.84. The summed E-state index contributed by atoms with van der Waals surface area (Å²) in [6.07, 6.45) is 2.73. The van der Waals surface area contributed by atoms with E-state index in [1.165, 1.54) is 26.5 Å². The molecule has 0 atom stereocenters. The lowest BCUT2D eigenvalue weighted by molar-refractivity contribution is 0.595. The molecule has 2 aromatic carbocycles. The molecule has 1 aliphatic carbocycles. The minimum absolute atomic E-state index is 0.0648. The number of benzene rings is 2. The van der Waals surface area contributed by atoms with Gasteiger partial charge < -0.3 is 0 Å². The molecule has 0 bridgehead atoms. The highest BCUT2D eigenvalue weighted by Gasteiger charge is 2.25. The molecule has 0 unspecified atom stereocenters. The van der Waals surface area contributed by atoms with E-state index < -0.39 is 5.69 Å². The molecule has 1 aliphatic rings. The van der Waals surface area contributed by atoms with Gasteiger partial charge in [0, 0.05) is 15.5 Å².